The molecule has 0 aliphatic carbocycles. The predicted molar refractivity (Wildman–Crippen MR) is 94.9 cm³/mol. The van der Waals surface area contributed by atoms with Gasteiger partial charge >= 0.3 is 0 Å². The maximum absolute atomic E-state index is 12.1. The highest BCUT2D eigenvalue weighted by molar-refractivity contribution is 9.10. The van der Waals surface area contributed by atoms with E-state index in [2.05, 4.69) is 38.3 Å². The first-order valence-corrected chi connectivity index (χ1v) is 8.12. The number of carbonyl (C=O) groups is 1. The number of anilines is 1. The fraction of sp³-hybridized carbons (Fsp3) is 0.278. The average molecular weight is 361 g/mol. The van der Waals surface area contributed by atoms with Gasteiger partial charge in [0.15, 0.2) is 0 Å². The molecule has 0 radical (unpaired) electrons. The molecular formula is C18H21BrN2O. The molecule has 3 nitrogen and oxygen atoms in total. The number of nitrogens with zero attached hydrogens (tertiary/aromatic N) is 1. The van der Waals surface area contributed by atoms with Crippen LogP contribution >= 0.6 is 15.9 Å². The Bertz CT molecular complexity index is 628. The smallest absolute Gasteiger partial charge is 0.225 e. The molecule has 0 aromatic heterocycles. The standard InChI is InChI=1S/C18H21BrN2O/c1-14-12-16(19)8-9-17(14)20-18(22)10-11-21(2)13-15-6-4-3-5-7-15/h3-9,12H,10-11,13H2,1-2H3,(H,20,22). The van der Waals surface area contributed by atoms with Crippen LogP contribution in [0.3, 0.4) is 0 Å². The highest BCUT2D eigenvalue weighted by atomic mass is 79.9. The van der Waals surface area contributed by atoms with Crippen molar-refractivity contribution in [1.29, 1.82) is 0 Å². The lowest BCUT2D eigenvalue weighted by Crippen LogP contribution is -2.24. The van der Waals surface area contributed by atoms with Gasteiger partial charge in [0, 0.05) is 29.7 Å². The summed E-state index contributed by atoms with van der Waals surface area (Å²) >= 11 is 3.42. The van der Waals surface area contributed by atoms with Crippen LogP contribution in [-0.4, -0.2) is 24.4 Å². The maximum Gasteiger partial charge on any atom is 0.225 e. The SMILES string of the molecule is Cc1cc(Br)ccc1NC(=O)CCN(C)Cc1ccccc1. The summed E-state index contributed by atoms with van der Waals surface area (Å²) < 4.78 is 1.02. The van der Waals surface area contributed by atoms with Crippen molar-refractivity contribution in [2.24, 2.45) is 0 Å². The number of aryl methyl sites for hydroxylation is 1. The van der Waals surface area contributed by atoms with Gasteiger partial charge in [0.05, 0.1) is 0 Å². The van der Waals surface area contributed by atoms with Crippen LogP contribution in [0.2, 0.25) is 0 Å². The van der Waals surface area contributed by atoms with Gasteiger partial charge in [-0.05, 0) is 43.3 Å². The molecule has 0 saturated heterocycles. The van der Waals surface area contributed by atoms with Gasteiger partial charge in [0.1, 0.15) is 0 Å². The van der Waals surface area contributed by atoms with Crippen LogP contribution in [0.1, 0.15) is 17.5 Å². The Hall–Kier alpha value is -1.65. The number of rotatable bonds is 6. The van der Waals surface area contributed by atoms with Gasteiger partial charge in [0.2, 0.25) is 5.91 Å². The maximum atomic E-state index is 12.1. The molecule has 22 heavy (non-hydrogen) atoms. The Morgan fingerprint density at radius 3 is 2.59 bits per heavy atom. The molecule has 0 atom stereocenters. The molecule has 0 unspecified atom stereocenters. The Kier molecular flexibility index (Phi) is 6.16. The van der Waals surface area contributed by atoms with Gasteiger partial charge in [-0.15, -0.1) is 0 Å². The zero-order valence-electron chi connectivity index (χ0n) is 13.0. The van der Waals surface area contributed by atoms with Crippen LogP contribution in [0.5, 0.6) is 0 Å². The zero-order chi connectivity index (χ0) is 15.9. The lowest BCUT2D eigenvalue weighted by molar-refractivity contribution is -0.116. The van der Waals surface area contributed by atoms with E-state index < -0.39 is 0 Å². The van der Waals surface area contributed by atoms with Crippen LogP contribution in [0.4, 0.5) is 5.69 Å². The third-order valence-electron chi connectivity index (χ3n) is 3.48. The molecule has 1 amide bonds. The normalized spacial score (nSPS) is 10.7. The number of amides is 1. The predicted octanol–water partition coefficient (Wildman–Crippen LogP) is 4.22. The highest BCUT2D eigenvalue weighted by Crippen LogP contribution is 2.20. The minimum atomic E-state index is 0.0466. The van der Waals surface area contributed by atoms with Crippen molar-refractivity contribution < 1.29 is 4.79 Å². The molecule has 2 rings (SSSR count). The van der Waals surface area contributed by atoms with Gasteiger partial charge in [-0.25, -0.2) is 0 Å². The van der Waals surface area contributed by atoms with Crippen LogP contribution in [-0.2, 0) is 11.3 Å². The summed E-state index contributed by atoms with van der Waals surface area (Å²) in [7, 11) is 2.03. The van der Waals surface area contributed by atoms with Gasteiger partial charge in [-0.2, -0.15) is 0 Å². The van der Waals surface area contributed by atoms with E-state index in [-0.39, 0.29) is 5.91 Å². The Balaban J connectivity index is 1.80. The van der Waals surface area contributed by atoms with E-state index in [1.54, 1.807) is 0 Å². The van der Waals surface area contributed by atoms with E-state index in [4.69, 9.17) is 0 Å². The second-order valence-electron chi connectivity index (χ2n) is 5.48. The number of benzene rings is 2. The Morgan fingerprint density at radius 2 is 1.91 bits per heavy atom. The first-order valence-electron chi connectivity index (χ1n) is 7.33. The Labute approximate surface area is 140 Å². The minimum absolute atomic E-state index is 0.0466. The fourth-order valence-corrected chi connectivity index (χ4v) is 2.72. The molecule has 0 aliphatic rings. The molecule has 0 spiro atoms. The molecule has 1 N–H and O–H groups in total. The summed E-state index contributed by atoms with van der Waals surface area (Å²) in [5.41, 5.74) is 3.19. The van der Waals surface area contributed by atoms with E-state index in [1.807, 2.05) is 50.4 Å². The monoisotopic (exact) mass is 360 g/mol. The van der Waals surface area contributed by atoms with Crippen molar-refractivity contribution in [2.75, 3.05) is 18.9 Å². The number of carbonyl (C=O) groups excluding carboxylic acids is 1. The fourth-order valence-electron chi connectivity index (χ4n) is 2.25. The second kappa shape index (κ2) is 8.11. The number of halogens is 1. The van der Waals surface area contributed by atoms with E-state index >= 15 is 0 Å². The first kappa shape index (κ1) is 16.7. The van der Waals surface area contributed by atoms with Crippen molar-refractivity contribution >= 4 is 27.5 Å². The van der Waals surface area contributed by atoms with Crippen molar-refractivity contribution in [3.05, 3.63) is 64.1 Å². The molecule has 0 bridgehead atoms. The Morgan fingerprint density at radius 1 is 1.18 bits per heavy atom. The molecule has 116 valence electrons. The lowest BCUT2D eigenvalue weighted by atomic mass is 10.2. The van der Waals surface area contributed by atoms with E-state index in [0.29, 0.717) is 6.42 Å². The number of hydrogen-bond acceptors (Lipinski definition) is 2. The molecule has 2 aromatic carbocycles. The van der Waals surface area contributed by atoms with Crippen LogP contribution in [0, 0.1) is 6.92 Å². The lowest BCUT2D eigenvalue weighted by Gasteiger charge is -2.16. The topological polar surface area (TPSA) is 32.3 Å². The molecule has 0 fully saturated rings. The molecule has 0 aliphatic heterocycles. The van der Waals surface area contributed by atoms with Crippen LogP contribution in [0.25, 0.3) is 0 Å². The average Bonchev–Trinajstić information content (AvgIpc) is 2.49. The summed E-state index contributed by atoms with van der Waals surface area (Å²) in [6, 6.07) is 16.1. The van der Waals surface area contributed by atoms with E-state index in [0.717, 1.165) is 28.8 Å². The largest absolute Gasteiger partial charge is 0.326 e. The van der Waals surface area contributed by atoms with Gasteiger partial charge in [0.25, 0.3) is 0 Å². The third-order valence-corrected chi connectivity index (χ3v) is 3.97. The molecule has 0 saturated carbocycles. The van der Waals surface area contributed by atoms with Crippen molar-refractivity contribution in [3.63, 3.8) is 0 Å². The van der Waals surface area contributed by atoms with Crippen LogP contribution in [0.15, 0.2) is 53.0 Å². The summed E-state index contributed by atoms with van der Waals surface area (Å²) in [6.07, 6.45) is 0.485. The first-order chi connectivity index (χ1) is 10.5. The minimum Gasteiger partial charge on any atom is -0.326 e. The number of hydrogen-bond donors (Lipinski definition) is 1. The van der Waals surface area contributed by atoms with Crippen molar-refractivity contribution in [1.82, 2.24) is 4.90 Å². The third kappa shape index (κ3) is 5.28. The van der Waals surface area contributed by atoms with E-state index in [9.17, 15) is 4.79 Å². The molecule has 0 heterocycles. The van der Waals surface area contributed by atoms with Crippen LogP contribution < -0.4 is 5.32 Å². The molecular weight excluding hydrogens is 340 g/mol. The molecule has 4 heteroatoms. The quantitative estimate of drug-likeness (QED) is 0.836. The number of nitrogens with one attached hydrogen (secondary N) is 1. The van der Waals surface area contributed by atoms with Gasteiger partial charge < -0.3 is 10.2 Å². The van der Waals surface area contributed by atoms with Crippen molar-refractivity contribution in [3.8, 4) is 0 Å². The van der Waals surface area contributed by atoms with Gasteiger partial charge in [-0.1, -0.05) is 46.3 Å². The zero-order valence-corrected chi connectivity index (χ0v) is 14.6. The summed E-state index contributed by atoms with van der Waals surface area (Å²) in [5, 5.41) is 2.97. The summed E-state index contributed by atoms with van der Waals surface area (Å²) in [4.78, 5) is 14.2. The second-order valence-corrected chi connectivity index (χ2v) is 6.40. The van der Waals surface area contributed by atoms with Gasteiger partial charge in [-0.3, -0.25) is 4.79 Å². The summed E-state index contributed by atoms with van der Waals surface area (Å²) in [5.74, 6) is 0.0466. The highest BCUT2D eigenvalue weighted by Gasteiger charge is 2.07. The van der Waals surface area contributed by atoms with Crippen molar-refractivity contribution in [2.45, 2.75) is 19.9 Å². The van der Waals surface area contributed by atoms with E-state index in [1.165, 1.54) is 5.56 Å². The summed E-state index contributed by atoms with van der Waals surface area (Å²) in [6.45, 7) is 3.57. The molecule has 2 aromatic rings.